The first-order chi connectivity index (χ1) is 7.54. The molecule has 16 heavy (non-hydrogen) atoms. The van der Waals surface area contributed by atoms with Gasteiger partial charge in [-0.1, -0.05) is 38.8 Å². The highest BCUT2D eigenvalue weighted by atomic mass is 127. The van der Waals surface area contributed by atoms with Crippen LogP contribution < -0.4 is 0 Å². The highest BCUT2D eigenvalue weighted by Gasteiger charge is 2.10. The van der Waals surface area contributed by atoms with Gasteiger partial charge in [0.2, 0.25) is 0 Å². The van der Waals surface area contributed by atoms with Gasteiger partial charge in [-0.05, 0) is 34.3 Å². The molecule has 0 unspecified atom stereocenters. The largest absolute Gasteiger partial charge is 0.236 e. The maximum absolute atomic E-state index is 6.10. The van der Waals surface area contributed by atoms with Gasteiger partial charge in [-0.3, -0.25) is 0 Å². The van der Waals surface area contributed by atoms with Crippen LogP contribution in [0, 0.1) is 3.57 Å². The van der Waals surface area contributed by atoms with Crippen molar-refractivity contribution in [3.8, 4) is 0 Å². The number of nitrogens with zero attached hydrogens (tertiary/aromatic N) is 2. The topological polar surface area (TPSA) is 25.8 Å². The van der Waals surface area contributed by atoms with Crippen LogP contribution in [0.15, 0.2) is 0 Å². The second-order valence-electron chi connectivity index (χ2n) is 3.80. The van der Waals surface area contributed by atoms with Crippen molar-refractivity contribution in [2.24, 2.45) is 0 Å². The van der Waals surface area contributed by atoms with E-state index in [1.165, 1.54) is 0 Å². The van der Waals surface area contributed by atoms with Crippen molar-refractivity contribution in [1.29, 1.82) is 0 Å². The van der Waals surface area contributed by atoms with Crippen molar-refractivity contribution >= 4 is 46.0 Å². The summed E-state index contributed by atoms with van der Waals surface area (Å²) in [4.78, 5) is 8.88. The molecule has 2 nitrogen and oxygen atoms in total. The molecule has 1 aromatic heterocycles. The predicted molar refractivity (Wildman–Crippen MR) is 80.2 cm³/mol. The van der Waals surface area contributed by atoms with Crippen LogP contribution in [0.3, 0.4) is 0 Å². The van der Waals surface area contributed by atoms with Gasteiger partial charge in [0.15, 0.2) is 0 Å². The standard InChI is InChI=1S/C11H16ClIN2S/c1-4-5-8-10(13)11(12)15-9(14-8)6-16-7(2)3/h7H,4-6H2,1-3H3. The summed E-state index contributed by atoms with van der Waals surface area (Å²) in [5.74, 6) is 1.69. The normalized spacial score (nSPS) is 11.1. The van der Waals surface area contributed by atoms with Crippen molar-refractivity contribution in [2.75, 3.05) is 0 Å². The van der Waals surface area contributed by atoms with Crippen LogP contribution in [0.2, 0.25) is 5.15 Å². The van der Waals surface area contributed by atoms with E-state index in [1.807, 2.05) is 11.8 Å². The van der Waals surface area contributed by atoms with E-state index in [-0.39, 0.29) is 0 Å². The van der Waals surface area contributed by atoms with E-state index in [0.29, 0.717) is 10.4 Å². The van der Waals surface area contributed by atoms with E-state index in [9.17, 15) is 0 Å². The Labute approximate surface area is 120 Å². The van der Waals surface area contributed by atoms with Gasteiger partial charge in [-0.2, -0.15) is 11.8 Å². The molecule has 0 bridgehead atoms. The second-order valence-corrected chi connectivity index (χ2v) is 6.80. The Morgan fingerprint density at radius 1 is 1.38 bits per heavy atom. The minimum atomic E-state index is 0.594. The molecule has 1 aromatic rings. The zero-order valence-electron chi connectivity index (χ0n) is 9.76. The van der Waals surface area contributed by atoms with Crippen LogP contribution >= 0.6 is 46.0 Å². The summed E-state index contributed by atoms with van der Waals surface area (Å²) in [5.41, 5.74) is 1.09. The SMILES string of the molecule is CCCc1nc(CSC(C)C)nc(Cl)c1I. The first-order valence-corrected chi connectivity index (χ1v) is 7.87. The van der Waals surface area contributed by atoms with Gasteiger partial charge < -0.3 is 0 Å². The molecule has 0 saturated heterocycles. The van der Waals surface area contributed by atoms with Crippen LogP contribution in [-0.2, 0) is 12.2 Å². The number of aryl methyl sites for hydroxylation is 1. The molecule has 0 N–H and O–H groups in total. The molecule has 5 heteroatoms. The highest BCUT2D eigenvalue weighted by Crippen LogP contribution is 2.22. The van der Waals surface area contributed by atoms with E-state index in [4.69, 9.17) is 11.6 Å². The number of aromatic nitrogens is 2. The monoisotopic (exact) mass is 370 g/mol. The molecule has 1 rings (SSSR count). The number of rotatable bonds is 5. The van der Waals surface area contributed by atoms with Gasteiger partial charge in [0.1, 0.15) is 11.0 Å². The first kappa shape index (κ1) is 14.5. The van der Waals surface area contributed by atoms with Gasteiger partial charge in [-0.25, -0.2) is 9.97 Å². The van der Waals surface area contributed by atoms with E-state index in [1.54, 1.807) is 0 Å². The van der Waals surface area contributed by atoms with Crippen LogP contribution in [0.4, 0.5) is 0 Å². The van der Waals surface area contributed by atoms with E-state index in [0.717, 1.165) is 33.7 Å². The fourth-order valence-electron chi connectivity index (χ4n) is 1.22. The Kier molecular flexibility index (Phi) is 6.36. The minimum Gasteiger partial charge on any atom is -0.236 e. The molecule has 0 fully saturated rings. The number of hydrogen-bond acceptors (Lipinski definition) is 3. The summed E-state index contributed by atoms with van der Waals surface area (Å²) in [6, 6.07) is 0. The molecular weight excluding hydrogens is 355 g/mol. The second kappa shape index (κ2) is 7.01. The molecule has 0 aliphatic heterocycles. The molecule has 0 aromatic carbocycles. The average molecular weight is 371 g/mol. The third-order valence-electron chi connectivity index (χ3n) is 1.96. The first-order valence-electron chi connectivity index (χ1n) is 5.37. The molecule has 90 valence electrons. The smallest absolute Gasteiger partial charge is 0.146 e. The van der Waals surface area contributed by atoms with Crippen LogP contribution in [-0.4, -0.2) is 15.2 Å². The molecule has 0 atom stereocenters. The number of thioether (sulfide) groups is 1. The van der Waals surface area contributed by atoms with E-state index < -0.39 is 0 Å². The van der Waals surface area contributed by atoms with Crippen molar-refractivity contribution in [1.82, 2.24) is 9.97 Å². The van der Waals surface area contributed by atoms with Crippen LogP contribution in [0.5, 0.6) is 0 Å². The van der Waals surface area contributed by atoms with Gasteiger partial charge in [0.25, 0.3) is 0 Å². The Bertz CT molecular complexity index is 358. The van der Waals surface area contributed by atoms with Crippen LogP contribution in [0.1, 0.15) is 38.7 Å². The number of hydrogen-bond donors (Lipinski definition) is 0. The Morgan fingerprint density at radius 3 is 2.62 bits per heavy atom. The third-order valence-corrected chi connectivity index (χ3v) is 4.78. The van der Waals surface area contributed by atoms with Gasteiger partial charge in [0.05, 0.1) is 15.0 Å². The maximum Gasteiger partial charge on any atom is 0.146 e. The Morgan fingerprint density at radius 2 is 2.06 bits per heavy atom. The summed E-state index contributed by atoms with van der Waals surface area (Å²) in [6.45, 7) is 6.49. The zero-order valence-corrected chi connectivity index (χ0v) is 13.5. The van der Waals surface area contributed by atoms with Crippen molar-refractivity contribution in [3.05, 3.63) is 20.2 Å². The van der Waals surface area contributed by atoms with E-state index >= 15 is 0 Å². The quantitative estimate of drug-likeness (QED) is 0.570. The molecule has 0 radical (unpaired) electrons. The minimum absolute atomic E-state index is 0.594. The van der Waals surface area contributed by atoms with Crippen molar-refractivity contribution in [2.45, 2.75) is 44.6 Å². The van der Waals surface area contributed by atoms with Crippen LogP contribution in [0.25, 0.3) is 0 Å². The lowest BCUT2D eigenvalue weighted by Crippen LogP contribution is -2.03. The molecular formula is C11H16ClIN2S. The summed E-state index contributed by atoms with van der Waals surface area (Å²) >= 11 is 10.2. The third kappa shape index (κ3) is 4.37. The molecule has 0 spiro atoms. The van der Waals surface area contributed by atoms with Crippen molar-refractivity contribution in [3.63, 3.8) is 0 Å². The molecule has 0 saturated carbocycles. The summed E-state index contributed by atoms with van der Waals surface area (Å²) in [5, 5.41) is 1.19. The Hall–Kier alpha value is 0.450. The lowest BCUT2D eigenvalue weighted by atomic mass is 10.2. The molecule has 0 aliphatic rings. The van der Waals surface area contributed by atoms with Gasteiger partial charge in [0, 0.05) is 0 Å². The van der Waals surface area contributed by atoms with Gasteiger partial charge >= 0.3 is 0 Å². The predicted octanol–water partition coefficient (Wildman–Crippen LogP) is 4.33. The molecule has 0 amide bonds. The number of halogens is 2. The highest BCUT2D eigenvalue weighted by molar-refractivity contribution is 14.1. The Balaban J connectivity index is 2.86. The van der Waals surface area contributed by atoms with Crippen molar-refractivity contribution < 1.29 is 0 Å². The van der Waals surface area contributed by atoms with E-state index in [2.05, 4.69) is 53.3 Å². The van der Waals surface area contributed by atoms with Gasteiger partial charge in [-0.15, -0.1) is 0 Å². The average Bonchev–Trinajstić information content (AvgIpc) is 2.22. The maximum atomic E-state index is 6.10. The summed E-state index contributed by atoms with van der Waals surface area (Å²) in [7, 11) is 0. The lowest BCUT2D eigenvalue weighted by Gasteiger charge is -2.08. The fourth-order valence-corrected chi connectivity index (χ4v) is 2.55. The summed E-state index contributed by atoms with van der Waals surface area (Å²) < 4.78 is 0.999. The fraction of sp³-hybridized carbons (Fsp3) is 0.636. The zero-order chi connectivity index (χ0) is 12.1. The molecule has 1 heterocycles. The lowest BCUT2D eigenvalue weighted by molar-refractivity contribution is 0.844. The summed E-state index contributed by atoms with van der Waals surface area (Å²) in [6.07, 6.45) is 2.06. The molecule has 0 aliphatic carbocycles.